The highest BCUT2D eigenvalue weighted by atomic mass is 16.3. The molecule has 1 aliphatic rings. The quantitative estimate of drug-likeness (QED) is 0.840. The standard InChI is InChI=1S/C15H21NO2/c1-11(2)9-12-3-5-13(6-4-12)16-14(18)15(10-17)7-8-15/h3-6,11,17H,7-10H2,1-2H3,(H,16,18). The third-order valence-corrected chi connectivity index (χ3v) is 3.49. The number of rotatable bonds is 5. The molecule has 0 aromatic heterocycles. The molecule has 1 aromatic carbocycles. The predicted octanol–water partition coefficient (Wildman–Crippen LogP) is 2.60. The molecule has 0 aliphatic heterocycles. The van der Waals surface area contributed by atoms with Crippen LogP contribution in [-0.2, 0) is 11.2 Å². The largest absolute Gasteiger partial charge is 0.395 e. The Morgan fingerprint density at radius 3 is 2.39 bits per heavy atom. The van der Waals surface area contributed by atoms with Crippen LogP contribution in [0.4, 0.5) is 5.69 Å². The molecule has 0 saturated heterocycles. The lowest BCUT2D eigenvalue weighted by Crippen LogP contribution is -2.27. The highest BCUT2D eigenvalue weighted by Gasteiger charge is 2.49. The summed E-state index contributed by atoms with van der Waals surface area (Å²) in [7, 11) is 0. The van der Waals surface area contributed by atoms with E-state index in [4.69, 9.17) is 0 Å². The van der Waals surface area contributed by atoms with E-state index in [1.54, 1.807) is 0 Å². The first-order valence-electron chi connectivity index (χ1n) is 6.57. The van der Waals surface area contributed by atoms with Crippen LogP contribution in [0.1, 0.15) is 32.3 Å². The van der Waals surface area contributed by atoms with Gasteiger partial charge >= 0.3 is 0 Å². The highest BCUT2D eigenvalue weighted by Crippen LogP contribution is 2.45. The maximum absolute atomic E-state index is 11.9. The molecule has 0 radical (unpaired) electrons. The van der Waals surface area contributed by atoms with Crippen molar-refractivity contribution in [2.24, 2.45) is 11.3 Å². The molecule has 98 valence electrons. The van der Waals surface area contributed by atoms with E-state index >= 15 is 0 Å². The van der Waals surface area contributed by atoms with Crippen LogP contribution >= 0.6 is 0 Å². The fraction of sp³-hybridized carbons (Fsp3) is 0.533. The van der Waals surface area contributed by atoms with Gasteiger partial charge in [0.2, 0.25) is 5.91 Å². The van der Waals surface area contributed by atoms with Crippen LogP contribution in [0.3, 0.4) is 0 Å². The first-order chi connectivity index (χ1) is 8.55. The molecular weight excluding hydrogens is 226 g/mol. The van der Waals surface area contributed by atoms with E-state index in [0.29, 0.717) is 5.92 Å². The van der Waals surface area contributed by atoms with Gasteiger partial charge in [-0.1, -0.05) is 26.0 Å². The summed E-state index contributed by atoms with van der Waals surface area (Å²) < 4.78 is 0. The molecule has 2 N–H and O–H groups in total. The molecule has 18 heavy (non-hydrogen) atoms. The van der Waals surface area contributed by atoms with Gasteiger partial charge in [-0.2, -0.15) is 0 Å². The Bertz CT molecular complexity index is 419. The zero-order valence-electron chi connectivity index (χ0n) is 11.1. The normalized spacial score (nSPS) is 16.7. The first kappa shape index (κ1) is 13.1. The van der Waals surface area contributed by atoms with Crippen LogP contribution in [0.5, 0.6) is 0 Å². The van der Waals surface area contributed by atoms with E-state index in [0.717, 1.165) is 24.9 Å². The highest BCUT2D eigenvalue weighted by molar-refractivity contribution is 5.97. The molecule has 1 aromatic rings. The summed E-state index contributed by atoms with van der Waals surface area (Å²) in [5, 5.41) is 12.1. The number of anilines is 1. The van der Waals surface area contributed by atoms with Gasteiger partial charge in [0.1, 0.15) is 0 Å². The third-order valence-electron chi connectivity index (χ3n) is 3.49. The minimum absolute atomic E-state index is 0.0513. The van der Waals surface area contributed by atoms with Gasteiger partial charge in [0.15, 0.2) is 0 Å². The summed E-state index contributed by atoms with van der Waals surface area (Å²) in [4.78, 5) is 11.9. The van der Waals surface area contributed by atoms with Gasteiger partial charge < -0.3 is 10.4 Å². The molecular formula is C15H21NO2. The van der Waals surface area contributed by atoms with Crippen molar-refractivity contribution in [3.63, 3.8) is 0 Å². The molecule has 0 bridgehead atoms. The molecule has 3 heteroatoms. The van der Waals surface area contributed by atoms with Crippen molar-refractivity contribution in [2.45, 2.75) is 33.1 Å². The van der Waals surface area contributed by atoms with Crippen LogP contribution in [0.15, 0.2) is 24.3 Å². The fourth-order valence-electron chi connectivity index (χ4n) is 2.07. The molecule has 1 saturated carbocycles. The average molecular weight is 247 g/mol. The number of nitrogens with one attached hydrogen (secondary N) is 1. The molecule has 0 heterocycles. The summed E-state index contributed by atoms with van der Waals surface area (Å²) in [6.07, 6.45) is 2.64. The van der Waals surface area contributed by atoms with E-state index in [1.807, 2.05) is 24.3 Å². The van der Waals surface area contributed by atoms with E-state index in [1.165, 1.54) is 5.56 Å². The average Bonchev–Trinajstić information content (AvgIpc) is 3.12. The predicted molar refractivity (Wildman–Crippen MR) is 72.4 cm³/mol. The number of hydrogen-bond donors (Lipinski definition) is 2. The van der Waals surface area contributed by atoms with E-state index < -0.39 is 5.41 Å². The second-order valence-electron chi connectivity index (χ2n) is 5.69. The van der Waals surface area contributed by atoms with E-state index in [2.05, 4.69) is 19.2 Å². The molecule has 2 rings (SSSR count). The Morgan fingerprint density at radius 1 is 1.33 bits per heavy atom. The maximum Gasteiger partial charge on any atom is 0.232 e. The maximum atomic E-state index is 11.9. The molecule has 3 nitrogen and oxygen atoms in total. The minimum atomic E-state index is -0.503. The fourth-order valence-corrected chi connectivity index (χ4v) is 2.07. The molecule has 1 amide bonds. The van der Waals surface area contributed by atoms with Gasteiger partial charge in [-0.15, -0.1) is 0 Å². The second-order valence-corrected chi connectivity index (χ2v) is 5.69. The Labute approximate surface area is 108 Å². The van der Waals surface area contributed by atoms with Gasteiger partial charge in [-0.3, -0.25) is 4.79 Å². The number of aliphatic hydroxyl groups is 1. The smallest absolute Gasteiger partial charge is 0.232 e. The van der Waals surface area contributed by atoms with Crippen LogP contribution in [0.25, 0.3) is 0 Å². The molecule has 0 unspecified atom stereocenters. The summed E-state index contributed by atoms with van der Waals surface area (Å²) in [5.41, 5.74) is 1.59. The number of hydrogen-bond acceptors (Lipinski definition) is 2. The van der Waals surface area contributed by atoms with Gasteiger partial charge in [0.25, 0.3) is 0 Å². The van der Waals surface area contributed by atoms with Crippen molar-refractivity contribution in [3.05, 3.63) is 29.8 Å². The number of benzene rings is 1. The van der Waals surface area contributed by atoms with Crippen molar-refractivity contribution in [2.75, 3.05) is 11.9 Å². The second kappa shape index (κ2) is 5.11. The monoisotopic (exact) mass is 247 g/mol. The van der Waals surface area contributed by atoms with Crippen LogP contribution < -0.4 is 5.32 Å². The van der Waals surface area contributed by atoms with Gasteiger partial charge in [0.05, 0.1) is 12.0 Å². The SMILES string of the molecule is CC(C)Cc1ccc(NC(=O)C2(CO)CC2)cc1. The van der Waals surface area contributed by atoms with Crippen molar-refractivity contribution >= 4 is 11.6 Å². The van der Waals surface area contributed by atoms with Crippen molar-refractivity contribution in [1.29, 1.82) is 0 Å². The topological polar surface area (TPSA) is 49.3 Å². The lowest BCUT2D eigenvalue weighted by atomic mass is 10.0. The van der Waals surface area contributed by atoms with Gasteiger partial charge in [0, 0.05) is 5.69 Å². The lowest BCUT2D eigenvalue weighted by Gasteiger charge is -2.13. The number of carbonyl (C=O) groups excluding carboxylic acids is 1. The van der Waals surface area contributed by atoms with Crippen molar-refractivity contribution in [3.8, 4) is 0 Å². The van der Waals surface area contributed by atoms with Crippen molar-refractivity contribution < 1.29 is 9.90 Å². The number of carbonyl (C=O) groups is 1. The van der Waals surface area contributed by atoms with Crippen LogP contribution in [-0.4, -0.2) is 17.6 Å². The number of aliphatic hydroxyl groups excluding tert-OH is 1. The summed E-state index contributed by atoms with van der Waals surface area (Å²) in [6.45, 7) is 4.33. The Morgan fingerprint density at radius 2 is 1.94 bits per heavy atom. The van der Waals surface area contributed by atoms with Gasteiger partial charge in [-0.25, -0.2) is 0 Å². The summed E-state index contributed by atoms with van der Waals surface area (Å²) in [6, 6.07) is 7.97. The zero-order chi connectivity index (χ0) is 13.2. The molecule has 1 aliphatic carbocycles. The molecule has 1 fully saturated rings. The lowest BCUT2D eigenvalue weighted by molar-refractivity contribution is -0.122. The van der Waals surface area contributed by atoms with Gasteiger partial charge in [-0.05, 0) is 42.9 Å². The van der Waals surface area contributed by atoms with Crippen LogP contribution in [0.2, 0.25) is 0 Å². The van der Waals surface area contributed by atoms with E-state index in [9.17, 15) is 9.90 Å². The summed E-state index contributed by atoms with van der Waals surface area (Å²) in [5.74, 6) is 0.580. The zero-order valence-corrected chi connectivity index (χ0v) is 11.1. The van der Waals surface area contributed by atoms with Crippen molar-refractivity contribution in [1.82, 2.24) is 0 Å². The minimum Gasteiger partial charge on any atom is -0.395 e. The first-order valence-corrected chi connectivity index (χ1v) is 6.57. The van der Waals surface area contributed by atoms with Crippen LogP contribution in [0, 0.1) is 11.3 Å². The molecule has 0 spiro atoms. The number of amides is 1. The Balaban J connectivity index is 1.96. The third kappa shape index (κ3) is 2.91. The van der Waals surface area contributed by atoms with E-state index in [-0.39, 0.29) is 12.5 Å². The Hall–Kier alpha value is -1.35. The molecule has 0 atom stereocenters. The Kier molecular flexibility index (Phi) is 3.71. The summed E-state index contributed by atoms with van der Waals surface area (Å²) >= 11 is 0.